The summed E-state index contributed by atoms with van der Waals surface area (Å²) < 4.78 is 1.70. The molecule has 2 nitrogen and oxygen atoms in total. The van der Waals surface area contributed by atoms with E-state index < -0.39 is 6.10 Å². The Morgan fingerprint density at radius 3 is 2.50 bits per heavy atom. The molecule has 0 spiro atoms. The molecule has 1 aromatic heterocycles. The Kier molecular flexibility index (Phi) is 3.26. The molecule has 0 aromatic carbocycles. The van der Waals surface area contributed by atoms with Crippen LogP contribution >= 0.6 is 31.9 Å². The first-order valence-corrected chi connectivity index (χ1v) is 5.11. The van der Waals surface area contributed by atoms with E-state index in [1.165, 1.54) is 0 Å². The average molecular weight is 295 g/mol. The molecule has 1 unspecified atom stereocenters. The van der Waals surface area contributed by atoms with Gasteiger partial charge in [-0.05, 0) is 45.7 Å². The molecular weight excluding hydrogens is 286 g/mol. The average Bonchev–Trinajstić information content (AvgIpc) is 1.97. The molecule has 0 fully saturated rings. The zero-order valence-corrected chi connectivity index (χ0v) is 9.98. The number of pyridine rings is 1. The molecule has 0 aliphatic rings. The second-order valence-electron chi connectivity index (χ2n) is 2.60. The lowest BCUT2D eigenvalue weighted by atomic mass is 10.1. The van der Waals surface area contributed by atoms with Gasteiger partial charge in [-0.1, -0.05) is 0 Å². The third kappa shape index (κ3) is 1.87. The van der Waals surface area contributed by atoms with Gasteiger partial charge < -0.3 is 5.11 Å². The minimum atomic E-state index is -0.490. The van der Waals surface area contributed by atoms with Crippen LogP contribution < -0.4 is 0 Å². The van der Waals surface area contributed by atoms with Crippen molar-refractivity contribution < 1.29 is 5.11 Å². The van der Waals surface area contributed by atoms with Gasteiger partial charge in [-0.15, -0.1) is 0 Å². The lowest BCUT2D eigenvalue weighted by molar-refractivity contribution is 0.197. The standard InChI is InChI=1S/C8H9Br2NO/c1-4-8(10)7(5(2)12)6(9)3-11-4/h3,5,12H,1-2H3. The van der Waals surface area contributed by atoms with E-state index in [0.717, 1.165) is 20.2 Å². The summed E-state index contributed by atoms with van der Waals surface area (Å²) in [6.45, 7) is 3.62. The fourth-order valence-corrected chi connectivity index (χ4v) is 2.51. The Labute approximate surface area is 88.3 Å². The Hall–Kier alpha value is 0.0700. The molecule has 0 saturated heterocycles. The van der Waals surface area contributed by atoms with E-state index in [2.05, 4.69) is 36.8 Å². The normalized spacial score (nSPS) is 13.1. The number of nitrogens with zero attached hydrogens (tertiary/aromatic N) is 1. The molecule has 1 aromatic rings. The first kappa shape index (κ1) is 10.2. The second kappa shape index (κ2) is 3.85. The highest BCUT2D eigenvalue weighted by Crippen LogP contribution is 2.31. The summed E-state index contributed by atoms with van der Waals surface area (Å²) in [6.07, 6.45) is 1.21. The van der Waals surface area contributed by atoms with Crippen molar-refractivity contribution in [1.29, 1.82) is 0 Å². The number of aliphatic hydroxyl groups excluding tert-OH is 1. The third-order valence-corrected chi connectivity index (χ3v) is 3.23. The van der Waals surface area contributed by atoms with Gasteiger partial charge in [0.05, 0.1) is 11.8 Å². The molecule has 0 aliphatic heterocycles. The maximum Gasteiger partial charge on any atom is 0.0785 e. The maximum absolute atomic E-state index is 9.42. The summed E-state index contributed by atoms with van der Waals surface area (Å²) in [4.78, 5) is 4.12. The van der Waals surface area contributed by atoms with Gasteiger partial charge in [0.15, 0.2) is 0 Å². The van der Waals surface area contributed by atoms with E-state index in [0.29, 0.717) is 0 Å². The minimum Gasteiger partial charge on any atom is -0.389 e. The fraction of sp³-hybridized carbons (Fsp3) is 0.375. The minimum absolute atomic E-state index is 0.490. The molecule has 1 heterocycles. The molecule has 0 saturated carbocycles. The molecule has 0 bridgehead atoms. The third-order valence-electron chi connectivity index (χ3n) is 1.60. The number of aromatic nitrogens is 1. The Morgan fingerprint density at radius 1 is 1.50 bits per heavy atom. The monoisotopic (exact) mass is 293 g/mol. The van der Waals surface area contributed by atoms with Crippen molar-refractivity contribution >= 4 is 31.9 Å². The van der Waals surface area contributed by atoms with Crippen molar-refractivity contribution in [2.45, 2.75) is 20.0 Å². The number of hydrogen-bond acceptors (Lipinski definition) is 2. The highest BCUT2D eigenvalue weighted by atomic mass is 79.9. The summed E-state index contributed by atoms with van der Waals surface area (Å²) in [5.74, 6) is 0. The molecule has 4 heteroatoms. The van der Waals surface area contributed by atoms with Crippen molar-refractivity contribution in [1.82, 2.24) is 4.98 Å². The summed E-state index contributed by atoms with van der Waals surface area (Å²) in [7, 11) is 0. The van der Waals surface area contributed by atoms with Gasteiger partial charge in [0.2, 0.25) is 0 Å². The highest BCUT2D eigenvalue weighted by molar-refractivity contribution is 9.11. The van der Waals surface area contributed by atoms with Crippen LogP contribution in [-0.4, -0.2) is 10.1 Å². The topological polar surface area (TPSA) is 33.1 Å². The van der Waals surface area contributed by atoms with E-state index >= 15 is 0 Å². The summed E-state index contributed by atoms with van der Waals surface area (Å²) in [6, 6.07) is 0. The van der Waals surface area contributed by atoms with Crippen molar-refractivity contribution in [3.63, 3.8) is 0 Å². The lowest BCUT2D eigenvalue weighted by Crippen LogP contribution is -1.97. The van der Waals surface area contributed by atoms with Crippen molar-refractivity contribution in [2.24, 2.45) is 0 Å². The molecular formula is C8H9Br2NO. The number of aryl methyl sites for hydroxylation is 1. The van der Waals surface area contributed by atoms with E-state index in [-0.39, 0.29) is 0 Å². The largest absolute Gasteiger partial charge is 0.389 e. The smallest absolute Gasteiger partial charge is 0.0785 e. The molecule has 1 N–H and O–H groups in total. The van der Waals surface area contributed by atoms with Crippen LogP contribution in [0.15, 0.2) is 15.1 Å². The van der Waals surface area contributed by atoms with E-state index in [1.807, 2.05) is 6.92 Å². The number of rotatable bonds is 1. The van der Waals surface area contributed by atoms with Gasteiger partial charge in [0.1, 0.15) is 0 Å². The van der Waals surface area contributed by atoms with E-state index in [4.69, 9.17) is 0 Å². The molecule has 0 aliphatic carbocycles. The number of hydrogen-bond donors (Lipinski definition) is 1. The molecule has 0 amide bonds. The van der Waals surface area contributed by atoms with Crippen LogP contribution in [0.1, 0.15) is 24.3 Å². The first-order chi connectivity index (χ1) is 5.54. The van der Waals surface area contributed by atoms with Crippen LogP contribution in [0.3, 0.4) is 0 Å². The number of aliphatic hydroxyl groups is 1. The predicted molar refractivity (Wildman–Crippen MR) is 55.0 cm³/mol. The van der Waals surface area contributed by atoms with Crippen LogP contribution in [0.25, 0.3) is 0 Å². The first-order valence-electron chi connectivity index (χ1n) is 3.52. The van der Waals surface area contributed by atoms with Crippen LogP contribution in [0, 0.1) is 6.92 Å². The molecule has 0 radical (unpaired) electrons. The van der Waals surface area contributed by atoms with Crippen molar-refractivity contribution in [3.8, 4) is 0 Å². The van der Waals surface area contributed by atoms with Crippen LogP contribution in [-0.2, 0) is 0 Å². The Morgan fingerprint density at radius 2 is 2.08 bits per heavy atom. The molecule has 66 valence electrons. The Balaban J connectivity index is 3.33. The van der Waals surface area contributed by atoms with Gasteiger partial charge in [-0.25, -0.2) is 0 Å². The molecule has 1 rings (SSSR count). The van der Waals surface area contributed by atoms with Gasteiger partial charge >= 0.3 is 0 Å². The second-order valence-corrected chi connectivity index (χ2v) is 4.24. The van der Waals surface area contributed by atoms with Crippen LogP contribution in [0.4, 0.5) is 0 Å². The SMILES string of the molecule is Cc1ncc(Br)c(C(C)O)c1Br. The zero-order valence-electron chi connectivity index (χ0n) is 6.81. The van der Waals surface area contributed by atoms with Crippen LogP contribution in [0.2, 0.25) is 0 Å². The molecule has 1 atom stereocenters. The highest BCUT2D eigenvalue weighted by Gasteiger charge is 2.12. The summed E-state index contributed by atoms with van der Waals surface area (Å²) in [5, 5.41) is 9.42. The quantitative estimate of drug-likeness (QED) is 0.864. The summed E-state index contributed by atoms with van der Waals surface area (Å²) in [5.41, 5.74) is 1.73. The van der Waals surface area contributed by atoms with Gasteiger partial charge in [0, 0.05) is 20.7 Å². The predicted octanol–water partition coefficient (Wildman–Crippen LogP) is 2.97. The zero-order chi connectivity index (χ0) is 9.30. The van der Waals surface area contributed by atoms with E-state index in [9.17, 15) is 5.11 Å². The van der Waals surface area contributed by atoms with Crippen molar-refractivity contribution in [2.75, 3.05) is 0 Å². The summed E-state index contributed by atoms with van der Waals surface area (Å²) >= 11 is 6.71. The van der Waals surface area contributed by atoms with Crippen molar-refractivity contribution in [3.05, 3.63) is 26.4 Å². The van der Waals surface area contributed by atoms with Gasteiger partial charge in [-0.2, -0.15) is 0 Å². The molecule has 12 heavy (non-hydrogen) atoms. The maximum atomic E-state index is 9.42. The van der Waals surface area contributed by atoms with E-state index in [1.54, 1.807) is 13.1 Å². The van der Waals surface area contributed by atoms with Crippen LogP contribution in [0.5, 0.6) is 0 Å². The van der Waals surface area contributed by atoms with Gasteiger partial charge in [0.25, 0.3) is 0 Å². The number of halogens is 2. The van der Waals surface area contributed by atoms with Gasteiger partial charge in [-0.3, -0.25) is 4.98 Å². The Bertz CT molecular complexity index is 299. The lowest BCUT2D eigenvalue weighted by Gasteiger charge is -2.11. The fourth-order valence-electron chi connectivity index (χ4n) is 0.962.